The highest BCUT2D eigenvalue weighted by molar-refractivity contribution is 6.30. The molecule has 18 heavy (non-hydrogen) atoms. The molecule has 1 N–H and O–H groups in total. The Hall–Kier alpha value is -0.640. The van der Waals surface area contributed by atoms with E-state index in [0.29, 0.717) is 12.0 Å². The van der Waals surface area contributed by atoms with E-state index in [4.69, 9.17) is 16.3 Å². The molecule has 0 bridgehead atoms. The van der Waals surface area contributed by atoms with Crippen LogP contribution in [0.3, 0.4) is 0 Å². The topological polar surface area (TPSA) is 21.3 Å². The number of rotatable bonds is 2. The highest BCUT2D eigenvalue weighted by atomic mass is 35.5. The fraction of sp³-hybridized carbons (Fsp3) is 0.571. The van der Waals surface area contributed by atoms with E-state index in [1.807, 2.05) is 0 Å². The monoisotopic (exact) mass is 271 g/mol. The second kappa shape index (κ2) is 6.00. The Morgan fingerprint density at radius 1 is 1.44 bits per heavy atom. The minimum Gasteiger partial charge on any atom is -0.372 e. The largest absolute Gasteiger partial charge is 0.372 e. The third-order valence-electron chi connectivity index (χ3n) is 3.43. The number of ether oxygens (including phenoxy) is 1. The van der Waals surface area contributed by atoms with Crippen molar-refractivity contribution in [3.8, 4) is 0 Å². The van der Waals surface area contributed by atoms with Crippen LogP contribution in [0.2, 0.25) is 5.02 Å². The second-order valence-corrected chi connectivity index (χ2v) is 5.49. The van der Waals surface area contributed by atoms with Crippen molar-refractivity contribution in [2.45, 2.75) is 32.4 Å². The number of hydrogen-bond donors (Lipinski definition) is 1. The summed E-state index contributed by atoms with van der Waals surface area (Å²) in [5.74, 6) is 0.200. The standard InChI is InChI=1S/C14H19ClFNO/c1-9(2)13-5-6-18-14(8-17-13)10-3-4-12(16)11(15)7-10/h3-4,7,9,13-14,17H,5-6,8H2,1-2H3. The van der Waals surface area contributed by atoms with Gasteiger partial charge < -0.3 is 10.1 Å². The predicted molar refractivity (Wildman–Crippen MR) is 71.3 cm³/mol. The molecule has 2 atom stereocenters. The molecule has 0 radical (unpaired) electrons. The summed E-state index contributed by atoms with van der Waals surface area (Å²) in [7, 11) is 0. The van der Waals surface area contributed by atoms with Gasteiger partial charge in [-0.1, -0.05) is 31.5 Å². The fourth-order valence-electron chi connectivity index (χ4n) is 2.25. The lowest BCUT2D eigenvalue weighted by Crippen LogP contribution is -2.34. The molecule has 1 aromatic rings. The minimum absolute atomic E-state index is 0.0492. The molecule has 2 rings (SSSR count). The van der Waals surface area contributed by atoms with Crippen molar-refractivity contribution < 1.29 is 9.13 Å². The zero-order valence-corrected chi connectivity index (χ0v) is 11.5. The summed E-state index contributed by atoms with van der Waals surface area (Å²) in [6.07, 6.45) is 0.954. The van der Waals surface area contributed by atoms with E-state index in [1.54, 1.807) is 12.1 Å². The van der Waals surface area contributed by atoms with Gasteiger partial charge in [0.2, 0.25) is 0 Å². The lowest BCUT2D eigenvalue weighted by Gasteiger charge is -2.20. The molecule has 100 valence electrons. The van der Waals surface area contributed by atoms with Crippen molar-refractivity contribution in [1.29, 1.82) is 0 Å². The maximum Gasteiger partial charge on any atom is 0.141 e. The van der Waals surface area contributed by atoms with Crippen LogP contribution in [0.1, 0.15) is 31.9 Å². The normalized spacial score (nSPS) is 25.2. The molecule has 0 amide bonds. The van der Waals surface area contributed by atoms with Gasteiger partial charge in [0.25, 0.3) is 0 Å². The molecule has 0 saturated carbocycles. The Morgan fingerprint density at radius 3 is 2.89 bits per heavy atom. The third kappa shape index (κ3) is 3.22. The van der Waals surface area contributed by atoms with Gasteiger partial charge in [0.15, 0.2) is 0 Å². The van der Waals surface area contributed by atoms with Crippen molar-refractivity contribution in [2.24, 2.45) is 5.92 Å². The van der Waals surface area contributed by atoms with Crippen molar-refractivity contribution in [3.63, 3.8) is 0 Å². The molecule has 0 aliphatic carbocycles. The van der Waals surface area contributed by atoms with E-state index in [9.17, 15) is 4.39 Å². The van der Waals surface area contributed by atoms with Gasteiger partial charge in [0.05, 0.1) is 11.1 Å². The highest BCUT2D eigenvalue weighted by Crippen LogP contribution is 2.25. The molecular weight excluding hydrogens is 253 g/mol. The van der Waals surface area contributed by atoms with Crippen LogP contribution >= 0.6 is 11.6 Å². The first-order valence-electron chi connectivity index (χ1n) is 6.38. The van der Waals surface area contributed by atoms with Crippen LogP contribution in [-0.2, 0) is 4.74 Å². The zero-order chi connectivity index (χ0) is 13.1. The van der Waals surface area contributed by atoms with Crippen LogP contribution < -0.4 is 5.32 Å². The Kier molecular flexibility index (Phi) is 4.60. The van der Waals surface area contributed by atoms with Crippen LogP contribution in [0.15, 0.2) is 18.2 Å². The summed E-state index contributed by atoms with van der Waals surface area (Å²) in [6.45, 7) is 5.86. The summed E-state index contributed by atoms with van der Waals surface area (Å²) < 4.78 is 18.9. The maximum atomic E-state index is 13.1. The van der Waals surface area contributed by atoms with E-state index in [1.165, 1.54) is 6.07 Å². The first-order chi connectivity index (χ1) is 8.58. The molecule has 0 spiro atoms. The van der Waals surface area contributed by atoms with Gasteiger partial charge in [-0.05, 0) is 30.0 Å². The molecule has 1 heterocycles. The Labute approximate surface area is 112 Å². The Balaban J connectivity index is 2.07. The first-order valence-corrected chi connectivity index (χ1v) is 6.75. The molecule has 2 nitrogen and oxygen atoms in total. The average molecular weight is 272 g/mol. The molecule has 1 aliphatic rings. The summed E-state index contributed by atoms with van der Waals surface area (Å²) in [4.78, 5) is 0. The van der Waals surface area contributed by atoms with Gasteiger partial charge in [-0.25, -0.2) is 4.39 Å². The van der Waals surface area contributed by atoms with Gasteiger partial charge in [-0.15, -0.1) is 0 Å². The lowest BCUT2D eigenvalue weighted by molar-refractivity contribution is 0.0660. The number of nitrogens with one attached hydrogen (secondary N) is 1. The van der Waals surface area contributed by atoms with Crippen LogP contribution in [0.25, 0.3) is 0 Å². The Morgan fingerprint density at radius 2 is 2.22 bits per heavy atom. The smallest absolute Gasteiger partial charge is 0.141 e. The number of hydrogen-bond acceptors (Lipinski definition) is 2. The van der Waals surface area contributed by atoms with E-state index < -0.39 is 0 Å². The van der Waals surface area contributed by atoms with Crippen LogP contribution in [0.4, 0.5) is 4.39 Å². The maximum absolute atomic E-state index is 13.1. The fourth-order valence-corrected chi connectivity index (χ4v) is 2.44. The number of benzene rings is 1. The predicted octanol–water partition coefficient (Wildman–Crippen LogP) is 3.55. The van der Waals surface area contributed by atoms with Crippen molar-refractivity contribution in [1.82, 2.24) is 5.32 Å². The average Bonchev–Trinajstić information content (AvgIpc) is 2.58. The molecule has 0 aromatic heterocycles. The lowest BCUT2D eigenvalue weighted by atomic mass is 10.0. The van der Waals surface area contributed by atoms with Gasteiger partial charge in [0.1, 0.15) is 5.82 Å². The van der Waals surface area contributed by atoms with Crippen LogP contribution in [0, 0.1) is 11.7 Å². The minimum atomic E-state index is -0.387. The highest BCUT2D eigenvalue weighted by Gasteiger charge is 2.22. The van der Waals surface area contributed by atoms with Gasteiger partial charge >= 0.3 is 0 Å². The van der Waals surface area contributed by atoms with E-state index >= 15 is 0 Å². The molecule has 1 saturated heterocycles. The summed E-state index contributed by atoms with van der Waals surface area (Å²) in [5.41, 5.74) is 0.929. The SMILES string of the molecule is CC(C)C1CCOC(c2ccc(F)c(Cl)c2)CN1. The molecule has 1 aliphatic heterocycles. The van der Waals surface area contributed by atoms with Crippen molar-refractivity contribution in [2.75, 3.05) is 13.2 Å². The van der Waals surface area contributed by atoms with Crippen molar-refractivity contribution in [3.05, 3.63) is 34.6 Å². The zero-order valence-electron chi connectivity index (χ0n) is 10.7. The van der Waals surface area contributed by atoms with Crippen LogP contribution in [-0.4, -0.2) is 19.2 Å². The van der Waals surface area contributed by atoms with Crippen LogP contribution in [0.5, 0.6) is 0 Å². The molecule has 1 aromatic carbocycles. The third-order valence-corrected chi connectivity index (χ3v) is 3.72. The van der Waals surface area contributed by atoms with Crippen molar-refractivity contribution >= 4 is 11.6 Å². The molecule has 2 unspecified atom stereocenters. The Bertz CT molecular complexity index is 411. The summed E-state index contributed by atoms with van der Waals surface area (Å²) in [5, 5.41) is 3.66. The second-order valence-electron chi connectivity index (χ2n) is 5.08. The van der Waals surface area contributed by atoms with Gasteiger partial charge in [-0.2, -0.15) is 0 Å². The van der Waals surface area contributed by atoms with E-state index in [-0.39, 0.29) is 16.9 Å². The molecule has 4 heteroatoms. The molecular formula is C14H19ClFNO. The first kappa shape index (κ1) is 13.8. The summed E-state index contributed by atoms with van der Waals surface area (Å²) >= 11 is 5.80. The van der Waals surface area contributed by atoms with E-state index in [0.717, 1.165) is 25.1 Å². The number of halogens is 2. The van der Waals surface area contributed by atoms with Gasteiger partial charge in [0, 0.05) is 19.2 Å². The quantitative estimate of drug-likeness (QED) is 0.888. The van der Waals surface area contributed by atoms with E-state index in [2.05, 4.69) is 19.2 Å². The summed E-state index contributed by atoms with van der Waals surface area (Å²) in [6, 6.07) is 5.26. The van der Waals surface area contributed by atoms with Gasteiger partial charge in [-0.3, -0.25) is 0 Å². The molecule has 1 fully saturated rings.